The van der Waals surface area contributed by atoms with Crippen LogP contribution in [0, 0.1) is 17.8 Å². The highest BCUT2D eigenvalue weighted by Crippen LogP contribution is 2.54. The molecule has 2 aromatic heterocycles. The first-order valence-electron chi connectivity index (χ1n) is 12.8. The first kappa shape index (κ1) is 24.5. The number of fused-ring (bicyclic) bond motifs is 1. The average molecular weight is 525 g/mol. The van der Waals surface area contributed by atoms with E-state index in [2.05, 4.69) is 21.1 Å². The van der Waals surface area contributed by atoms with Gasteiger partial charge in [-0.05, 0) is 43.6 Å². The molecule has 198 valence electrons. The zero-order chi connectivity index (χ0) is 26.6. The zero-order valence-corrected chi connectivity index (χ0v) is 20.7. The zero-order valence-electron chi connectivity index (χ0n) is 20.7. The number of benzene rings is 1. The van der Waals surface area contributed by atoms with Gasteiger partial charge in [0.05, 0.1) is 24.1 Å². The van der Waals surface area contributed by atoms with Crippen LogP contribution in [-0.2, 0) is 6.18 Å². The minimum absolute atomic E-state index is 0.0366. The molecule has 2 unspecified atom stereocenters. The van der Waals surface area contributed by atoms with Crippen LogP contribution in [0.4, 0.5) is 18.9 Å². The van der Waals surface area contributed by atoms with Crippen molar-refractivity contribution in [2.45, 2.75) is 31.9 Å². The molecule has 1 amide bonds. The lowest BCUT2D eigenvalue weighted by molar-refractivity contribution is -0.137. The molecular weight excluding hydrogens is 497 g/mol. The van der Waals surface area contributed by atoms with Crippen molar-refractivity contribution in [3.8, 4) is 17.0 Å². The fourth-order valence-corrected chi connectivity index (χ4v) is 5.58. The minimum atomic E-state index is -4.49. The van der Waals surface area contributed by atoms with Crippen molar-refractivity contribution in [1.29, 1.82) is 0 Å². The molecule has 3 aliphatic rings. The molecule has 2 saturated carbocycles. The largest absolute Gasteiger partial charge is 0.491 e. The summed E-state index contributed by atoms with van der Waals surface area (Å²) in [7, 11) is 0. The number of carbonyl (C=O) groups is 1. The fourth-order valence-electron chi connectivity index (χ4n) is 5.58. The average Bonchev–Trinajstić information content (AvgIpc) is 3.75. The summed E-state index contributed by atoms with van der Waals surface area (Å²) in [6.07, 6.45) is 3.07. The van der Waals surface area contributed by atoms with Gasteiger partial charge in [-0.3, -0.25) is 4.79 Å². The Morgan fingerprint density at radius 2 is 1.97 bits per heavy atom. The van der Waals surface area contributed by atoms with Crippen molar-refractivity contribution in [1.82, 2.24) is 10.1 Å². The van der Waals surface area contributed by atoms with E-state index in [0.717, 1.165) is 37.7 Å². The molecule has 2 N–H and O–H groups in total. The van der Waals surface area contributed by atoms with Crippen LogP contribution >= 0.6 is 0 Å². The van der Waals surface area contributed by atoms with Crippen LogP contribution in [0.1, 0.15) is 53.1 Å². The van der Waals surface area contributed by atoms with Crippen LogP contribution in [-0.4, -0.2) is 35.7 Å². The number of rotatable bonds is 8. The summed E-state index contributed by atoms with van der Waals surface area (Å²) in [4.78, 5) is 18.1. The number of carbonyl (C=O) groups excluding carboxylic acids is 1. The maximum atomic E-state index is 13.7. The third-order valence-corrected chi connectivity index (χ3v) is 7.67. The first-order valence-corrected chi connectivity index (χ1v) is 12.8. The van der Waals surface area contributed by atoms with Crippen molar-refractivity contribution < 1.29 is 27.2 Å². The number of piperidine rings is 1. The van der Waals surface area contributed by atoms with E-state index >= 15 is 0 Å². The van der Waals surface area contributed by atoms with E-state index in [9.17, 15) is 18.0 Å². The maximum Gasteiger partial charge on any atom is 0.417 e. The van der Waals surface area contributed by atoms with Gasteiger partial charge < -0.3 is 19.9 Å². The summed E-state index contributed by atoms with van der Waals surface area (Å²) in [5.41, 5.74) is 6.61. The van der Waals surface area contributed by atoms with E-state index in [4.69, 9.17) is 15.0 Å². The van der Waals surface area contributed by atoms with Gasteiger partial charge in [0.1, 0.15) is 11.5 Å². The van der Waals surface area contributed by atoms with Crippen molar-refractivity contribution in [2.75, 3.05) is 24.6 Å². The number of anilines is 1. The highest BCUT2D eigenvalue weighted by atomic mass is 19.4. The van der Waals surface area contributed by atoms with Crippen LogP contribution in [0.3, 0.4) is 0 Å². The lowest BCUT2D eigenvalue weighted by Crippen LogP contribution is -2.24. The molecule has 6 rings (SSSR count). The highest BCUT2D eigenvalue weighted by Gasteiger charge is 2.54. The topological polar surface area (TPSA) is 94.5 Å². The number of alkyl halides is 3. The van der Waals surface area contributed by atoms with Gasteiger partial charge in [-0.15, -0.1) is 0 Å². The van der Waals surface area contributed by atoms with E-state index in [0.29, 0.717) is 41.4 Å². The molecule has 2 atom stereocenters. The van der Waals surface area contributed by atoms with Gasteiger partial charge in [-0.25, -0.2) is 4.98 Å². The Labute approximate surface area is 217 Å². The molecule has 1 aliphatic heterocycles. The normalized spacial score (nSPS) is 22.6. The summed E-state index contributed by atoms with van der Waals surface area (Å²) in [5.74, 6) is 1.79. The van der Waals surface area contributed by atoms with E-state index < -0.39 is 17.6 Å². The summed E-state index contributed by atoms with van der Waals surface area (Å²) >= 11 is 0. The molecule has 2 aliphatic carbocycles. The van der Waals surface area contributed by atoms with Crippen molar-refractivity contribution in [3.63, 3.8) is 0 Å². The van der Waals surface area contributed by atoms with Gasteiger partial charge in [-0.2, -0.15) is 13.2 Å². The van der Waals surface area contributed by atoms with Crippen molar-refractivity contribution >= 4 is 17.7 Å². The van der Waals surface area contributed by atoms with E-state index in [1.165, 1.54) is 12.1 Å². The van der Waals surface area contributed by atoms with Crippen LogP contribution < -0.4 is 15.4 Å². The van der Waals surface area contributed by atoms with Crippen LogP contribution in [0.25, 0.3) is 17.3 Å². The summed E-state index contributed by atoms with van der Waals surface area (Å²) in [6, 6.07) is 7.30. The number of pyridine rings is 1. The molecule has 3 fully saturated rings. The van der Waals surface area contributed by atoms with Crippen molar-refractivity contribution in [3.05, 3.63) is 65.2 Å². The number of halogens is 3. The van der Waals surface area contributed by atoms with Gasteiger partial charge in [-0.1, -0.05) is 35.5 Å². The van der Waals surface area contributed by atoms with Gasteiger partial charge in [0, 0.05) is 36.2 Å². The van der Waals surface area contributed by atoms with Crippen LogP contribution in [0.5, 0.6) is 5.75 Å². The number of aromatic nitrogens is 2. The Kier molecular flexibility index (Phi) is 5.92. The SMILES string of the molecule is CCOc1cc(N2CC3C(/C=C/c4c(-c5ccccc5C(F)(F)F)noc4C4CC4)C3C2)cnc1C(N)=O. The summed E-state index contributed by atoms with van der Waals surface area (Å²) < 4.78 is 52.3. The van der Waals surface area contributed by atoms with E-state index in [1.807, 2.05) is 13.0 Å². The number of allylic oxidation sites excluding steroid dienone is 1. The number of nitrogens with two attached hydrogens (primary N) is 1. The number of hydrogen-bond donors (Lipinski definition) is 1. The van der Waals surface area contributed by atoms with Gasteiger partial charge in [0.15, 0.2) is 11.4 Å². The lowest BCUT2D eigenvalue weighted by Gasteiger charge is -2.22. The summed E-state index contributed by atoms with van der Waals surface area (Å²) in [5, 5.41) is 4.10. The molecule has 0 bridgehead atoms. The minimum Gasteiger partial charge on any atom is -0.491 e. The second-order valence-electron chi connectivity index (χ2n) is 10.1. The number of amides is 1. The number of ether oxygens (including phenoxy) is 1. The molecule has 38 heavy (non-hydrogen) atoms. The van der Waals surface area contributed by atoms with Gasteiger partial charge in [0.25, 0.3) is 5.91 Å². The second kappa shape index (κ2) is 9.18. The third kappa shape index (κ3) is 4.41. The summed E-state index contributed by atoms with van der Waals surface area (Å²) in [6.45, 7) is 3.85. The van der Waals surface area contributed by atoms with Crippen molar-refractivity contribution in [2.24, 2.45) is 23.5 Å². The standard InChI is InChI=1S/C28H27F3N4O3/c1-2-37-23-11-16(12-33-25(23)27(32)36)35-13-20-17(21(20)14-35)9-10-19-24(34-38-26(19)15-7-8-15)18-5-3-4-6-22(18)28(29,30)31/h3-6,9-12,15,17,20-21H,2,7-8,13-14H2,1H3,(H2,32,36)/b10-9+. The number of primary amides is 1. The second-order valence-corrected chi connectivity index (χ2v) is 10.1. The number of hydrogen-bond acceptors (Lipinski definition) is 6. The fraction of sp³-hybridized carbons (Fsp3) is 0.393. The quantitative estimate of drug-likeness (QED) is 0.417. The smallest absolute Gasteiger partial charge is 0.417 e. The first-order chi connectivity index (χ1) is 18.3. The third-order valence-electron chi connectivity index (χ3n) is 7.67. The molecule has 1 aromatic carbocycles. The van der Waals surface area contributed by atoms with Gasteiger partial charge in [0.2, 0.25) is 0 Å². The predicted molar refractivity (Wildman–Crippen MR) is 135 cm³/mol. The Morgan fingerprint density at radius 1 is 1.24 bits per heavy atom. The Morgan fingerprint density at radius 3 is 2.63 bits per heavy atom. The molecule has 0 radical (unpaired) electrons. The van der Waals surface area contributed by atoms with Gasteiger partial charge >= 0.3 is 6.18 Å². The Hall–Kier alpha value is -3.82. The van der Waals surface area contributed by atoms with E-state index in [-0.39, 0.29) is 22.9 Å². The number of nitrogens with zero attached hydrogens (tertiary/aromatic N) is 3. The molecule has 7 nitrogen and oxygen atoms in total. The molecule has 1 saturated heterocycles. The highest BCUT2D eigenvalue weighted by molar-refractivity contribution is 5.94. The Balaban J connectivity index is 1.21. The monoisotopic (exact) mass is 524 g/mol. The van der Waals surface area contributed by atoms with E-state index in [1.54, 1.807) is 18.3 Å². The molecule has 0 spiro atoms. The molecule has 3 heterocycles. The maximum absolute atomic E-state index is 13.7. The van der Waals surface area contributed by atoms with Crippen LogP contribution in [0.15, 0.2) is 47.1 Å². The molecular formula is C28H27F3N4O3. The molecule has 10 heteroatoms. The predicted octanol–water partition coefficient (Wildman–Crippen LogP) is 5.53. The Bertz CT molecular complexity index is 1400. The molecule has 3 aromatic rings. The lowest BCUT2D eigenvalue weighted by atomic mass is 9.98. The van der Waals surface area contributed by atoms with Crippen LogP contribution in [0.2, 0.25) is 0 Å².